The van der Waals surface area contributed by atoms with Crippen LogP contribution in [0.2, 0.25) is 0 Å². The molecular weight excluding hydrogens is 250 g/mol. The number of aliphatic hydroxyl groups is 1. The lowest BCUT2D eigenvalue weighted by molar-refractivity contribution is -0.122. The van der Waals surface area contributed by atoms with Crippen LogP contribution >= 0.6 is 0 Å². The molecule has 0 heterocycles. The van der Waals surface area contributed by atoms with E-state index in [2.05, 4.69) is 12.2 Å². The zero-order chi connectivity index (χ0) is 14.4. The summed E-state index contributed by atoms with van der Waals surface area (Å²) in [7, 11) is 0. The van der Waals surface area contributed by atoms with Gasteiger partial charge in [-0.2, -0.15) is 0 Å². The number of nitrogens with one attached hydrogen (secondary N) is 1. The van der Waals surface area contributed by atoms with Gasteiger partial charge in [0.1, 0.15) is 0 Å². The zero-order valence-corrected chi connectivity index (χ0v) is 12.3. The summed E-state index contributed by atoms with van der Waals surface area (Å²) in [5, 5.41) is 13.3. The fourth-order valence-electron chi connectivity index (χ4n) is 2.73. The molecule has 1 aliphatic carbocycles. The predicted molar refractivity (Wildman–Crippen MR) is 80.4 cm³/mol. The highest BCUT2D eigenvalue weighted by molar-refractivity contribution is 5.76. The second-order valence-corrected chi connectivity index (χ2v) is 6.17. The third-order valence-corrected chi connectivity index (χ3v) is 4.30. The number of amides is 1. The van der Waals surface area contributed by atoms with Crippen LogP contribution in [0.15, 0.2) is 30.3 Å². The second-order valence-electron chi connectivity index (χ2n) is 6.17. The van der Waals surface area contributed by atoms with Gasteiger partial charge >= 0.3 is 0 Å². The number of carbonyl (C=O) groups is 1. The lowest BCUT2D eigenvalue weighted by Gasteiger charge is -2.34. The molecule has 0 unspecified atom stereocenters. The van der Waals surface area contributed by atoms with Gasteiger partial charge in [-0.05, 0) is 43.6 Å². The number of hydrogen-bond acceptors (Lipinski definition) is 2. The third-order valence-electron chi connectivity index (χ3n) is 4.30. The number of hydrogen-bond donors (Lipinski definition) is 2. The van der Waals surface area contributed by atoms with Crippen LogP contribution in [0.3, 0.4) is 0 Å². The van der Waals surface area contributed by atoms with E-state index < -0.39 is 5.60 Å². The molecule has 0 aliphatic heterocycles. The van der Waals surface area contributed by atoms with E-state index >= 15 is 0 Å². The highest BCUT2D eigenvalue weighted by Crippen LogP contribution is 2.31. The lowest BCUT2D eigenvalue weighted by Crippen LogP contribution is -2.45. The topological polar surface area (TPSA) is 49.3 Å². The summed E-state index contributed by atoms with van der Waals surface area (Å²) in [4.78, 5) is 11.8. The molecule has 1 fully saturated rings. The fraction of sp³-hybridized carbons (Fsp3) is 0.588. The third kappa shape index (κ3) is 4.64. The molecule has 3 nitrogen and oxygen atoms in total. The molecule has 0 saturated heterocycles. The summed E-state index contributed by atoms with van der Waals surface area (Å²) in [5.41, 5.74) is 0.488. The summed E-state index contributed by atoms with van der Waals surface area (Å²) in [6.07, 6.45) is 4.94. The van der Waals surface area contributed by atoms with Gasteiger partial charge in [-0.1, -0.05) is 37.3 Å². The van der Waals surface area contributed by atoms with Crippen LogP contribution < -0.4 is 5.32 Å². The first-order chi connectivity index (χ1) is 9.57. The quantitative estimate of drug-likeness (QED) is 0.868. The lowest BCUT2D eigenvalue weighted by atomic mass is 9.79. The Hall–Kier alpha value is -1.35. The Labute approximate surface area is 121 Å². The minimum Gasteiger partial charge on any atom is -0.388 e. The molecule has 2 N–H and O–H groups in total. The van der Waals surface area contributed by atoms with Crippen molar-refractivity contribution < 1.29 is 9.90 Å². The molecule has 1 aliphatic rings. The minimum atomic E-state index is -0.686. The van der Waals surface area contributed by atoms with Gasteiger partial charge in [0.25, 0.3) is 0 Å². The maximum atomic E-state index is 11.8. The van der Waals surface area contributed by atoms with Crippen molar-refractivity contribution in [2.75, 3.05) is 6.54 Å². The van der Waals surface area contributed by atoms with Crippen molar-refractivity contribution in [2.45, 2.75) is 51.0 Å². The average molecular weight is 275 g/mol. The van der Waals surface area contributed by atoms with Crippen LogP contribution in [0, 0.1) is 5.92 Å². The van der Waals surface area contributed by atoms with Gasteiger partial charge in [-0.15, -0.1) is 0 Å². The summed E-state index contributed by atoms with van der Waals surface area (Å²) in [6, 6.07) is 10.0. The molecule has 1 saturated carbocycles. The Morgan fingerprint density at radius 1 is 1.30 bits per heavy atom. The molecule has 0 atom stereocenters. The molecule has 110 valence electrons. The van der Waals surface area contributed by atoms with Crippen molar-refractivity contribution in [1.29, 1.82) is 0 Å². The van der Waals surface area contributed by atoms with Gasteiger partial charge in [-0.25, -0.2) is 0 Å². The summed E-state index contributed by atoms with van der Waals surface area (Å²) in [6.45, 7) is 2.62. The molecule has 3 heteroatoms. The van der Waals surface area contributed by atoms with Crippen LogP contribution in [-0.2, 0) is 11.2 Å². The first kappa shape index (κ1) is 15.0. The van der Waals surface area contributed by atoms with Gasteiger partial charge < -0.3 is 10.4 Å². The molecule has 20 heavy (non-hydrogen) atoms. The van der Waals surface area contributed by atoms with Crippen molar-refractivity contribution in [3.8, 4) is 0 Å². The summed E-state index contributed by atoms with van der Waals surface area (Å²) < 4.78 is 0. The van der Waals surface area contributed by atoms with E-state index in [4.69, 9.17) is 0 Å². The Balaban J connectivity index is 1.70. The normalized spacial score (nSPS) is 26.2. The maximum absolute atomic E-state index is 11.8. The largest absolute Gasteiger partial charge is 0.388 e. The number of aryl methyl sites for hydroxylation is 1. The SMILES string of the molecule is CC1CCC(O)(CNC(=O)CCc2ccccc2)CC1. The standard InChI is InChI=1S/C17H25NO2/c1-14-9-11-17(20,12-10-14)13-18-16(19)8-7-15-5-3-2-4-6-15/h2-6,14,20H,7-13H2,1H3,(H,18,19). The number of benzene rings is 1. The summed E-state index contributed by atoms with van der Waals surface area (Å²) in [5.74, 6) is 0.727. The van der Waals surface area contributed by atoms with E-state index in [0.717, 1.165) is 32.1 Å². The predicted octanol–water partition coefficient (Wildman–Crippen LogP) is 2.68. The molecule has 2 rings (SSSR count). The number of carbonyl (C=O) groups excluding carboxylic acids is 1. The fourth-order valence-corrected chi connectivity index (χ4v) is 2.73. The Bertz CT molecular complexity index is 422. The van der Waals surface area contributed by atoms with Crippen LogP contribution in [0.5, 0.6) is 0 Å². The van der Waals surface area contributed by atoms with Crippen molar-refractivity contribution in [2.24, 2.45) is 5.92 Å². The van der Waals surface area contributed by atoms with E-state index in [-0.39, 0.29) is 5.91 Å². The first-order valence-electron chi connectivity index (χ1n) is 7.60. The first-order valence-corrected chi connectivity index (χ1v) is 7.60. The van der Waals surface area contributed by atoms with E-state index in [9.17, 15) is 9.90 Å². The van der Waals surface area contributed by atoms with Crippen molar-refractivity contribution in [3.05, 3.63) is 35.9 Å². The van der Waals surface area contributed by atoms with Crippen LogP contribution in [0.1, 0.15) is 44.6 Å². The van der Waals surface area contributed by atoms with Crippen LogP contribution in [-0.4, -0.2) is 23.2 Å². The van der Waals surface area contributed by atoms with Crippen LogP contribution in [0.4, 0.5) is 0 Å². The highest BCUT2D eigenvalue weighted by Gasteiger charge is 2.31. The van der Waals surface area contributed by atoms with E-state index in [0.29, 0.717) is 18.9 Å². The van der Waals surface area contributed by atoms with Gasteiger partial charge in [0.05, 0.1) is 5.60 Å². The average Bonchev–Trinajstić information content (AvgIpc) is 2.48. The highest BCUT2D eigenvalue weighted by atomic mass is 16.3. The van der Waals surface area contributed by atoms with E-state index in [1.54, 1.807) is 0 Å². The molecule has 1 aromatic carbocycles. The molecule has 0 aromatic heterocycles. The minimum absolute atomic E-state index is 0.0286. The van der Waals surface area contributed by atoms with Gasteiger partial charge in [0.2, 0.25) is 5.91 Å². The van der Waals surface area contributed by atoms with E-state index in [1.165, 1.54) is 5.56 Å². The molecule has 0 radical (unpaired) electrons. The molecule has 0 spiro atoms. The van der Waals surface area contributed by atoms with Gasteiger partial charge in [-0.3, -0.25) is 4.79 Å². The Morgan fingerprint density at radius 3 is 2.60 bits per heavy atom. The Morgan fingerprint density at radius 2 is 1.95 bits per heavy atom. The smallest absolute Gasteiger partial charge is 0.220 e. The van der Waals surface area contributed by atoms with Crippen molar-refractivity contribution in [1.82, 2.24) is 5.32 Å². The summed E-state index contributed by atoms with van der Waals surface area (Å²) >= 11 is 0. The van der Waals surface area contributed by atoms with E-state index in [1.807, 2.05) is 30.3 Å². The maximum Gasteiger partial charge on any atom is 0.220 e. The molecule has 0 bridgehead atoms. The second kappa shape index (κ2) is 6.89. The number of rotatable bonds is 5. The Kier molecular flexibility index (Phi) is 5.18. The van der Waals surface area contributed by atoms with Gasteiger partial charge in [0.15, 0.2) is 0 Å². The van der Waals surface area contributed by atoms with Gasteiger partial charge in [0, 0.05) is 13.0 Å². The monoisotopic (exact) mass is 275 g/mol. The molecular formula is C17H25NO2. The zero-order valence-electron chi connectivity index (χ0n) is 12.3. The van der Waals surface area contributed by atoms with Crippen molar-refractivity contribution >= 4 is 5.91 Å². The molecule has 1 aromatic rings. The van der Waals surface area contributed by atoms with Crippen LogP contribution in [0.25, 0.3) is 0 Å². The van der Waals surface area contributed by atoms with Crippen molar-refractivity contribution in [3.63, 3.8) is 0 Å². The molecule has 1 amide bonds.